The van der Waals surface area contributed by atoms with Crippen LogP contribution < -0.4 is 10.2 Å². The number of fused-ring (bicyclic) bond motifs is 4. The summed E-state index contributed by atoms with van der Waals surface area (Å²) in [6, 6.07) is 19.2. The predicted molar refractivity (Wildman–Crippen MR) is 137 cm³/mol. The number of likely N-dealkylation sites (tertiary alicyclic amines) is 1. The molecule has 3 aromatic carbocycles. The number of piperidine rings is 1. The topological polar surface area (TPSA) is 79.0 Å². The van der Waals surface area contributed by atoms with Crippen LogP contribution in [0, 0.1) is 6.92 Å². The van der Waals surface area contributed by atoms with E-state index in [0.717, 1.165) is 53.9 Å². The molecule has 7 nitrogen and oxygen atoms in total. The highest BCUT2D eigenvalue weighted by molar-refractivity contribution is 6.22. The van der Waals surface area contributed by atoms with Gasteiger partial charge in [-0.05, 0) is 55.2 Å². The molecule has 0 unspecified atom stereocenters. The molecule has 2 heterocycles. The summed E-state index contributed by atoms with van der Waals surface area (Å²) in [5.41, 5.74) is 6.94. The maximum absolute atomic E-state index is 12.8. The fourth-order valence-corrected chi connectivity index (χ4v) is 5.56. The van der Waals surface area contributed by atoms with Crippen LogP contribution in [0.4, 0.5) is 16.2 Å². The summed E-state index contributed by atoms with van der Waals surface area (Å²) in [6.07, 6.45) is 1.25. The lowest BCUT2D eigenvalue weighted by Crippen LogP contribution is -2.50. The summed E-state index contributed by atoms with van der Waals surface area (Å²) < 4.78 is 5.43. The molecule has 1 N–H and O–H groups in total. The van der Waals surface area contributed by atoms with Gasteiger partial charge in [-0.3, -0.25) is 19.4 Å². The van der Waals surface area contributed by atoms with Crippen LogP contribution in [0.15, 0.2) is 60.7 Å². The van der Waals surface area contributed by atoms with E-state index in [4.69, 9.17) is 4.74 Å². The minimum Gasteiger partial charge on any atom is -0.444 e. The van der Waals surface area contributed by atoms with E-state index in [0.29, 0.717) is 23.4 Å². The predicted octanol–water partition coefficient (Wildman–Crippen LogP) is 4.77. The summed E-state index contributed by atoms with van der Waals surface area (Å²) in [6.45, 7) is 4.06. The van der Waals surface area contributed by atoms with Crippen molar-refractivity contribution in [3.05, 3.63) is 82.9 Å². The first kappa shape index (κ1) is 22.5. The second-order valence-corrected chi connectivity index (χ2v) is 9.75. The molecule has 1 saturated heterocycles. The molecule has 2 amide bonds. The average Bonchev–Trinajstić information content (AvgIpc) is 3.16. The normalized spacial score (nSPS) is 17.3. The maximum atomic E-state index is 12.8. The quantitative estimate of drug-likeness (QED) is 0.454. The van der Waals surface area contributed by atoms with Crippen molar-refractivity contribution in [2.75, 3.05) is 29.9 Å². The van der Waals surface area contributed by atoms with E-state index in [1.165, 1.54) is 0 Å². The van der Waals surface area contributed by atoms with E-state index in [1.54, 1.807) is 17.0 Å². The van der Waals surface area contributed by atoms with Gasteiger partial charge >= 0.3 is 6.09 Å². The number of nitrogens with zero attached hydrogens (tertiary/aromatic N) is 2. The summed E-state index contributed by atoms with van der Waals surface area (Å²) in [4.78, 5) is 41.9. The number of anilines is 2. The van der Waals surface area contributed by atoms with Crippen LogP contribution in [0.1, 0.15) is 39.9 Å². The van der Waals surface area contributed by atoms with Crippen molar-refractivity contribution >= 4 is 29.2 Å². The lowest BCUT2D eigenvalue weighted by atomic mass is 10.00. The van der Waals surface area contributed by atoms with Crippen molar-refractivity contribution < 1.29 is 19.1 Å². The third-order valence-corrected chi connectivity index (χ3v) is 7.34. The van der Waals surface area contributed by atoms with Gasteiger partial charge in [-0.2, -0.15) is 0 Å². The van der Waals surface area contributed by atoms with Crippen molar-refractivity contribution in [2.24, 2.45) is 0 Å². The number of cyclic esters (lactones) is 1. The number of aryl methyl sites for hydroxylation is 1. The Morgan fingerprint density at radius 2 is 1.69 bits per heavy atom. The van der Waals surface area contributed by atoms with Crippen molar-refractivity contribution in [1.29, 1.82) is 0 Å². The number of carbonyl (C=O) groups is 3. The molecule has 182 valence electrons. The third-order valence-electron chi connectivity index (χ3n) is 7.34. The first-order chi connectivity index (χ1) is 17.5. The molecule has 3 aliphatic rings. The molecule has 3 aromatic rings. The molecule has 1 aliphatic carbocycles. The van der Waals surface area contributed by atoms with Gasteiger partial charge in [-0.15, -0.1) is 0 Å². The maximum Gasteiger partial charge on any atom is 0.414 e. The van der Waals surface area contributed by atoms with Crippen LogP contribution >= 0.6 is 0 Å². The monoisotopic (exact) mass is 481 g/mol. The molecule has 0 spiro atoms. The average molecular weight is 482 g/mol. The van der Waals surface area contributed by atoms with Gasteiger partial charge in [0.05, 0.1) is 12.2 Å². The third kappa shape index (κ3) is 3.95. The van der Waals surface area contributed by atoms with Crippen molar-refractivity contribution in [3.8, 4) is 11.1 Å². The van der Waals surface area contributed by atoms with Gasteiger partial charge in [0.2, 0.25) is 5.91 Å². The number of hydrogen-bond acceptors (Lipinski definition) is 5. The zero-order valence-corrected chi connectivity index (χ0v) is 20.1. The fraction of sp³-hybridized carbons (Fsp3) is 0.276. The van der Waals surface area contributed by atoms with Crippen LogP contribution in [-0.2, 0) is 16.1 Å². The zero-order valence-electron chi connectivity index (χ0n) is 20.1. The van der Waals surface area contributed by atoms with Crippen LogP contribution in [-0.4, -0.2) is 48.4 Å². The number of ether oxygens (including phenoxy) is 1. The van der Waals surface area contributed by atoms with Gasteiger partial charge in [-0.1, -0.05) is 42.0 Å². The molecule has 0 aromatic heterocycles. The Bertz CT molecular complexity index is 1390. The van der Waals surface area contributed by atoms with E-state index >= 15 is 0 Å². The summed E-state index contributed by atoms with van der Waals surface area (Å²) in [5.74, 6) is -0.0686. The number of ketones is 1. The highest BCUT2D eigenvalue weighted by atomic mass is 16.6. The summed E-state index contributed by atoms with van der Waals surface area (Å²) in [5, 5.41) is 2.99. The van der Waals surface area contributed by atoms with Gasteiger partial charge in [0.1, 0.15) is 6.61 Å². The van der Waals surface area contributed by atoms with Crippen LogP contribution in [0.25, 0.3) is 11.1 Å². The molecule has 7 heteroatoms. The molecule has 2 aliphatic heterocycles. The molecule has 0 atom stereocenters. The zero-order chi connectivity index (χ0) is 24.8. The molecule has 1 fully saturated rings. The fourth-order valence-electron chi connectivity index (χ4n) is 5.56. The molecular weight excluding hydrogens is 454 g/mol. The van der Waals surface area contributed by atoms with Gasteiger partial charge in [-0.25, -0.2) is 4.79 Å². The van der Waals surface area contributed by atoms with Crippen LogP contribution in [0.5, 0.6) is 0 Å². The van der Waals surface area contributed by atoms with Crippen molar-refractivity contribution in [3.63, 3.8) is 0 Å². The number of amides is 2. The minimum absolute atomic E-state index is 0.0247. The first-order valence-corrected chi connectivity index (χ1v) is 12.3. The molecule has 36 heavy (non-hydrogen) atoms. The van der Waals surface area contributed by atoms with E-state index < -0.39 is 0 Å². The Hall–Kier alpha value is -3.97. The standard InChI is InChI=1S/C29H27N3O4/c1-18-6-9-26-19(14-18)17-36-29(35)32(26)21-10-12-31(13-11-21)16-27(33)30-20-7-8-24-25(15-20)22-4-2-3-5-23(22)28(24)34/h2-9,14-15,21H,10-13,16-17H2,1H3,(H,30,33). The second kappa shape index (κ2) is 8.91. The number of benzene rings is 3. The number of rotatable bonds is 4. The molecule has 0 saturated carbocycles. The number of carbonyl (C=O) groups excluding carboxylic acids is 3. The van der Waals surface area contributed by atoms with E-state index in [2.05, 4.69) is 16.3 Å². The van der Waals surface area contributed by atoms with Crippen molar-refractivity contribution in [1.82, 2.24) is 4.90 Å². The Morgan fingerprint density at radius 3 is 2.50 bits per heavy atom. The lowest BCUT2D eigenvalue weighted by molar-refractivity contribution is -0.117. The number of hydrogen-bond donors (Lipinski definition) is 1. The SMILES string of the molecule is Cc1ccc2c(c1)COC(=O)N2C1CCN(CC(=O)Nc2ccc3c(c2)-c2ccccc2C3=O)CC1. The molecule has 6 rings (SSSR count). The lowest BCUT2D eigenvalue weighted by Gasteiger charge is -2.40. The molecular formula is C29H27N3O4. The first-order valence-electron chi connectivity index (χ1n) is 12.3. The highest BCUT2D eigenvalue weighted by Gasteiger charge is 2.34. The van der Waals surface area contributed by atoms with E-state index in [1.807, 2.05) is 49.4 Å². The van der Waals surface area contributed by atoms with Crippen LogP contribution in [0.3, 0.4) is 0 Å². The largest absolute Gasteiger partial charge is 0.444 e. The van der Waals surface area contributed by atoms with Crippen LogP contribution in [0.2, 0.25) is 0 Å². The van der Waals surface area contributed by atoms with E-state index in [9.17, 15) is 14.4 Å². The second-order valence-electron chi connectivity index (χ2n) is 9.75. The van der Waals surface area contributed by atoms with Gasteiger partial charge in [0.25, 0.3) is 0 Å². The highest BCUT2D eigenvalue weighted by Crippen LogP contribution is 2.38. The summed E-state index contributed by atoms with van der Waals surface area (Å²) >= 11 is 0. The van der Waals surface area contributed by atoms with Gasteiger partial charge < -0.3 is 10.1 Å². The molecule has 0 bridgehead atoms. The number of nitrogens with one attached hydrogen (secondary N) is 1. The summed E-state index contributed by atoms with van der Waals surface area (Å²) in [7, 11) is 0. The van der Waals surface area contributed by atoms with Crippen molar-refractivity contribution in [2.45, 2.75) is 32.4 Å². The Labute approximate surface area is 209 Å². The smallest absolute Gasteiger partial charge is 0.414 e. The Morgan fingerprint density at radius 1 is 0.944 bits per heavy atom. The van der Waals surface area contributed by atoms with E-state index in [-0.39, 0.29) is 30.4 Å². The Kier molecular flexibility index (Phi) is 5.57. The minimum atomic E-state index is -0.292. The molecule has 0 radical (unpaired) electrons. The van der Waals surface area contributed by atoms with Gasteiger partial charge in [0.15, 0.2) is 5.78 Å². The van der Waals surface area contributed by atoms with Gasteiger partial charge in [0, 0.05) is 41.5 Å². The Balaban J connectivity index is 1.08.